The van der Waals surface area contributed by atoms with Crippen molar-refractivity contribution in [3.8, 4) is 5.75 Å². The lowest BCUT2D eigenvalue weighted by atomic mass is 10.2. The topological polar surface area (TPSA) is 61.4 Å². The highest BCUT2D eigenvalue weighted by atomic mass is 32.1. The largest absolute Gasteiger partial charge is 0.506 e. The maximum atomic E-state index is 10.7. The molecule has 5 heteroatoms. The first-order valence-corrected chi connectivity index (χ1v) is 4.78. The third-order valence-electron chi connectivity index (χ3n) is 1.69. The Kier molecular flexibility index (Phi) is 3.62. The van der Waals surface area contributed by atoms with Gasteiger partial charge in [-0.3, -0.25) is 4.79 Å². The summed E-state index contributed by atoms with van der Waals surface area (Å²) in [5.74, 6) is -0.159. The number of benzene rings is 1. The van der Waals surface area contributed by atoms with Crippen molar-refractivity contribution in [1.29, 1.82) is 0 Å². The number of phenolic OH excluding ortho intramolecular Hbond substituents is 1. The molecule has 0 fully saturated rings. The van der Waals surface area contributed by atoms with Crippen molar-refractivity contribution in [2.45, 2.75) is 13.8 Å². The Labute approximate surface area is 93.3 Å². The van der Waals surface area contributed by atoms with Gasteiger partial charge in [-0.15, -0.1) is 0 Å². The van der Waals surface area contributed by atoms with Gasteiger partial charge in [0.05, 0.1) is 5.69 Å². The summed E-state index contributed by atoms with van der Waals surface area (Å²) in [4.78, 5) is 10.7. The highest BCUT2D eigenvalue weighted by molar-refractivity contribution is 7.80. The average molecular weight is 224 g/mol. The molecule has 0 radical (unpaired) electrons. The predicted molar refractivity (Wildman–Crippen MR) is 62.9 cm³/mol. The number of hydrogen-bond acceptors (Lipinski definition) is 3. The Morgan fingerprint density at radius 3 is 2.73 bits per heavy atom. The molecule has 0 heterocycles. The lowest BCUT2D eigenvalue weighted by Gasteiger charge is -2.10. The van der Waals surface area contributed by atoms with E-state index in [1.54, 1.807) is 18.2 Å². The molecule has 4 nitrogen and oxygen atoms in total. The van der Waals surface area contributed by atoms with E-state index in [0.717, 1.165) is 5.56 Å². The third-order valence-corrected chi connectivity index (χ3v) is 1.89. The van der Waals surface area contributed by atoms with E-state index in [1.807, 2.05) is 6.92 Å². The normalized spacial score (nSPS) is 9.47. The highest BCUT2D eigenvalue weighted by Crippen LogP contribution is 2.23. The van der Waals surface area contributed by atoms with E-state index in [1.165, 1.54) is 6.92 Å². The molecule has 0 aromatic heterocycles. The van der Waals surface area contributed by atoms with E-state index in [9.17, 15) is 9.90 Å². The second-order valence-corrected chi connectivity index (χ2v) is 3.56. The van der Waals surface area contributed by atoms with Gasteiger partial charge in [0.1, 0.15) is 5.75 Å². The van der Waals surface area contributed by atoms with Crippen molar-refractivity contribution < 1.29 is 9.90 Å². The van der Waals surface area contributed by atoms with Gasteiger partial charge < -0.3 is 15.7 Å². The molecule has 80 valence electrons. The molecule has 3 N–H and O–H groups in total. The molecule has 1 aromatic carbocycles. The summed E-state index contributed by atoms with van der Waals surface area (Å²) in [6.45, 7) is 3.26. The van der Waals surface area contributed by atoms with Crippen LogP contribution >= 0.6 is 12.2 Å². The van der Waals surface area contributed by atoms with Crippen LogP contribution in [0.3, 0.4) is 0 Å². The number of phenols is 1. The Morgan fingerprint density at radius 2 is 2.13 bits per heavy atom. The number of amides is 1. The first-order chi connectivity index (χ1) is 6.99. The fourth-order valence-electron chi connectivity index (χ4n) is 1.06. The van der Waals surface area contributed by atoms with E-state index >= 15 is 0 Å². The van der Waals surface area contributed by atoms with E-state index in [0.29, 0.717) is 5.69 Å². The van der Waals surface area contributed by atoms with E-state index in [4.69, 9.17) is 12.2 Å². The van der Waals surface area contributed by atoms with Crippen LogP contribution in [0.1, 0.15) is 12.5 Å². The predicted octanol–water partition coefficient (Wildman–Crippen LogP) is 1.53. The van der Waals surface area contributed by atoms with Gasteiger partial charge in [0.2, 0.25) is 5.91 Å². The molecule has 0 spiro atoms. The van der Waals surface area contributed by atoms with Crippen molar-refractivity contribution in [3.05, 3.63) is 23.8 Å². The van der Waals surface area contributed by atoms with Crippen molar-refractivity contribution in [2.24, 2.45) is 0 Å². The summed E-state index contributed by atoms with van der Waals surface area (Å²) < 4.78 is 0. The number of anilines is 1. The number of carbonyl (C=O) groups excluding carboxylic acids is 1. The van der Waals surface area contributed by atoms with Gasteiger partial charge in [-0.05, 0) is 36.8 Å². The minimum atomic E-state index is -0.250. The van der Waals surface area contributed by atoms with Gasteiger partial charge in [-0.25, -0.2) is 0 Å². The Bertz CT molecular complexity index is 404. The van der Waals surface area contributed by atoms with Crippen LogP contribution in [0, 0.1) is 6.92 Å². The molecule has 1 aromatic rings. The highest BCUT2D eigenvalue weighted by Gasteiger charge is 2.04. The van der Waals surface area contributed by atoms with Crippen LogP contribution < -0.4 is 10.6 Å². The molecule has 0 aliphatic heterocycles. The molecule has 0 saturated heterocycles. The number of carbonyl (C=O) groups is 1. The monoisotopic (exact) mass is 224 g/mol. The van der Waals surface area contributed by atoms with E-state index in [2.05, 4.69) is 10.6 Å². The van der Waals surface area contributed by atoms with Crippen LogP contribution in [-0.4, -0.2) is 16.1 Å². The minimum absolute atomic E-state index is 0.0910. The minimum Gasteiger partial charge on any atom is -0.506 e. The second-order valence-electron chi connectivity index (χ2n) is 3.16. The van der Waals surface area contributed by atoms with Crippen LogP contribution in [0.2, 0.25) is 0 Å². The average Bonchev–Trinajstić information content (AvgIpc) is 2.10. The van der Waals surface area contributed by atoms with Gasteiger partial charge >= 0.3 is 0 Å². The second kappa shape index (κ2) is 4.75. The number of rotatable bonds is 1. The Morgan fingerprint density at radius 1 is 1.47 bits per heavy atom. The molecular weight excluding hydrogens is 212 g/mol. The van der Waals surface area contributed by atoms with Crippen LogP contribution in [0.25, 0.3) is 0 Å². The lowest BCUT2D eigenvalue weighted by Crippen LogP contribution is -2.32. The fourth-order valence-corrected chi connectivity index (χ4v) is 1.32. The van der Waals surface area contributed by atoms with Crippen LogP contribution in [-0.2, 0) is 4.79 Å². The SMILES string of the molecule is CC(=O)NC(=S)Nc1cc(C)ccc1O. The van der Waals surface area contributed by atoms with Crippen molar-refractivity contribution in [2.75, 3.05) is 5.32 Å². The molecular formula is C10H12N2O2S. The molecule has 0 saturated carbocycles. The van der Waals surface area contributed by atoms with Crippen molar-refractivity contribution >= 4 is 28.9 Å². The number of aryl methyl sites for hydroxylation is 1. The molecule has 0 aliphatic rings. The summed E-state index contributed by atoms with van der Waals surface area (Å²) in [6.07, 6.45) is 0. The standard InChI is InChI=1S/C10H12N2O2S/c1-6-3-4-9(14)8(5-6)12-10(15)11-7(2)13/h3-5,14H,1-2H3,(H2,11,12,13,15). The third kappa shape index (κ3) is 3.55. The molecule has 0 unspecified atom stereocenters. The zero-order chi connectivity index (χ0) is 11.4. The van der Waals surface area contributed by atoms with Gasteiger partial charge in [-0.1, -0.05) is 6.07 Å². The fraction of sp³-hybridized carbons (Fsp3) is 0.200. The zero-order valence-electron chi connectivity index (χ0n) is 8.50. The van der Waals surface area contributed by atoms with Crippen molar-refractivity contribution in [3.63, 3.8) is 0 Å². The quantitative estimate of drug-likeness (QED) is 0.500. The van der Waals surface area contributed by atoms with E-state index in [-0.39, 0.29) is 16.8 Å². The molecule has 15 heavy (non-hydrogen) atoms. The van der Waals surface area contributed by atoms with E-state index < -0.39 is 0 Å². The molecule has 1 rings (SSSR count). The van der Waals surface area contributed by atoms with Crippen LogP contribution in [0.4, 0.5) is 5.69 Å². The van der Waals surface area contributed by atoms with Gasteiger partial charge in [0.15, 0.2) is 5.11 Å². The van der Waals surface area contributed by atoms with Crippen LogP contribution in [0.5, 0.6) is 5.75 Å². The molecule has 0 bridgehead atoms. The summed E-state index contributed by atoms with van der Waals surface area (Å²) >= 11 is 4.86. The molecule has 0 aliphatic carbocycles. The maximum Gasteiger partial charge on any atom is 0.222 e. The Hall–Kier alpha value is -1.62. The Balaban J connectivity index is 2.76. The number of hydrogen-bond donors (Lipinski definition) is 3. The summed E-state index contributed by atoms with van der Waals surface area (Å²) in [6, 6.07) is 5.08. The summed E-state index contributed by atoms with van der Waals surface area (Å²) in [5, 5.41) is 14.8. The summed E-state index contributed by atoms with van der Waals surface area (Å²) in [7, 11) is 0. The smallest absolute Gasteiger partial charge is 0.222 e. The first-order valence-electron chi connectivity index (χ1n) is 4.37. The summed E-state index contributed by atoms with van der Waals surface area (Å²) in [5.41, 5.74) is 1.47. The number of nitrogens with one attached hydrogen (secondary N) is 2. The lowest BCUT2D eigenvalue weighted by molar-refractivity contribution is -0.117. The van der Waals surface area contributed by atoms with Crippen LogP contribution in [0.15, 0.2) is 18.2 Å². The van der Waals surface area contributed by atoms with Gasteiger partial charge in [0, 0.05) is 6.92 Å². The van der Waals surface area contributed by atoms with Crippen molar-refractivity contribution in [1.82, 2.24) is 5.32 Å². The number of thiocarbonyl (C=S) groups is 1. The molecule has 1 amide bonds. The number of aromatic hydroxyl groups is 1. The van der Waals surface area contributed by atoms with Gasteiger partial charge in [0.25, 0.3) is 0 Å². The van der Waals surface area contributed by atoms with Gasteiger partial charge in [-0.2, -0.15) is 0 Å². The maximum absolute atomic E-state index is 10.7. The molecule has 0 atom stereocenters. The first kappa shape index (κ1) is 11.5. The zero-order valence-corrected chi connectivity index (χ0v) is 9.31.